The number of carbonyl (C=O) groups is 1. The Hall–Kier alpha value is -4.07. The first kappa shape index (κ1) is 24.1. The summed E-state index contributed by atoms with van der Waals surface area (Å²) in [4.78, 5) is 18.9. The van der Waals surface area contributed by atoms with Gasteiger partial charge in [-0.05, 0) is 19.1 Å². The molecule has 1 aliphatic rings. The van der Waals surface area contributed by atoms with Crippen LogP contribution in [0.1, 0.15) is 41.0 Å². The van der Waals surface area contributed by atoms with Crippen LogP contribution in [0, 0.1) is 17.1 Å². The van der Waals surface area contributed by atoms with E-state index in [-0.39, 0.29) is 35.7 Å². The molecule has 0 spiro atoms. The Bertz CT molecular complexity index is 1310. The number of hydrogen-bond acceptors (Lipinski definition) is 6. The first-order valence-electron chi connectivity index (χ1n) is 10.8. The molecule has 0 bridgehead atoms. The number of ether oxygens (including phenoxy) is 2. The summed E-state index contributed by atoms with van der Waals surface area (Å²) in [5.41, 5.74) is 1.88. The van der Waals surface area contributed by atoms with Gasteiger partial charge in [0.1, 0.15) is 23.2 Å². The largest absolute Gasteiger partial charge is 0.494 e. The molecule has 4 rings (SSSR count). The lowest BCUT2D eigenvalue weighted by Gasteiger charge is -2.29. The third-order valence-corrected chi connectivity index (χ3v) is 5.77. The molecule has 0 saturated carbocycles. The minimum Gasteiger partial charge on any atom is -0.494 e. The van der Waals surface area contributed by atoms with Crippen molar-refractivity contribution in [3.8, 4) is 23.3 Å². The van der Waals surface area contributed by atoms with Gasteiger partial charge in [0, 0.05) is 44.3 Å². The molecule has 0 aliphatic carbocycles. The lowest BCUT2D eigenvalue weighted by atomic mass is 10.0. The summed E-state index contributed by atoms with van der Waals surface area (Å²) in [7, 11) is 1.29. The van der Waals surface area contributed by atoms with E-state index in [0.717, 1.165) is 24.4 Å². The molecular formula is C24H22F3N5O3. The van der Waals surface area contributed by atoms with Gasteiger partial charge in [-0.25, -0.2) is 17.9 Å². The predicted octanol–water partition coefficient (Wildman–Crippen LogP) is 3.91. The number of alkyl halides is 2. The van der Waals surface area contributed by atoms with Crippen LogP contribution in [0.5, 0.6) is 11.5 Å². The van der Waals surface area contributed by atoms with Crippen molar-refractivity contribution in [1.29, 1.82) is 5.26 Å². The molecule has 0 saturated heterocycles. The molecule has 0 N–H and O–H groups in total. The van der Waals surface area contributed by atoms with Crippen molar-refractivity contribution in [2.24, 2.45) is 0 Å². The molecule has 1 aliphatic heterocycles. The fourth-order valence-electron chi connectivity index (χ4n) is 3.76. The van der Waals surface area contributed by atoms with Crippen LogP contribution in [0.4, 0.5) is 13.2 Å². The second kappa shape index (κ2) is 9.29. The molecule has 11 heteroatoms. The van der Waals surface area contributed by atoms with Crippen LogP contribution in [-0.4, -0.2) is 51.3 Å². The summed E-state index contributed by atoms with van der Waals surface area (Å²) in [5, 5.41) is 13.9. The number of nitrogens with zero attached hydrogens (tertiary/aromatic N) is 5. The number of pyridine rings is 1. The first-order valence-corrected chi connectivity index (χ1v) is 10.8. The van der Waals surface area contributed by atoms with Gasteiger partial charge in [-0.3, -0.25) is 9.78 Å². The van der Waals surface area contributed by atoms with Gasteiger partial charge < -0.3 is 14.4 Å². The summed E-state index contributed by atoms with van der Waals surface area (Å²) in [5.74, 6) is -4.36. The van der Waals surface area contributed by atoms with Crippen molar-refractivity contribution in [1.82, 2.24) is 19.7 Å². The van der Waals surface area contributed by atoms with Crippen LogP contribution in [0.3, 0.4) is 0 Å². The van der Waals surface area contributed by atoms with Crippen molar-refractivity contribution < 1.29 is 27.4 Å². The van der Waals surface area contributed by atoms with E-state index in [1.807, 2.05) is 6.07 Å². The zero-order valence-electron chi connectivity index (χ0n) is 19.3. The molecule has 182 valence electrons. The van der Waals surface area contributed by atoms with Crippen LogP contribution < -0.4 is 9.47 Å². The van der Waals surface area contributed by atoms with Gasteiger partial charge in [-0.15, -0.1) is 0 Å². The number of hydrogen-bond donors (Lipinski definition) is 0. The van der Waals surface area contributed by atoms with Gasteiger partial charge in [-0.2, -0.15) is 10.4 Å². The molecule has 0 radical (unpaired) electrons. The van der Waals surface area contributed by atoms with E-state index in [0.29, 0.717) is 12.1 Å². The van der Waals surface area contributed by atoms with Crippen molar-refractivity contribution in [3.63, 3.8) is 0 Å². The van der Waals surface area contributed by atoms with Gasteiger partial charge in [0.2, 0.25) is 0 Å². The fraction of sp³-hybridized carbons (Fsp3) is 0.333. The lowest BCUT2D eigenvalue weighted by Crippen LogP contribution is -2.37. The molecule has 3 heterocycles. The van der Waals surface area contributed by atoms with Gasteiger partial charge in [-0.1, -0.05) is 0 Å². The maximum absolute atomic E-state index is 13.8. The Morgan fingerprint density at radius 3 is 2.74 bits per heavy atom. The third-order valence-electron chi connectivity index (χ3n) is 5.77. The highest BCUT2D eigenvalue weighted by Gasteiger charge is 2.35. The minimum atomic E-state index is -3.16. The van der Waals surface area contributed by atoms with E-state index in [4.69, 9.17) is 9.47 Å². The second-order valence-electron chi connectivity index (χ2n) is 8.23. The topological polar surface area (TPSA) is 93.3 Å². The summed E-state index contributed by atoms with van der Waals surface area (Å²) < 4.78 is 53.5. The standard InChI is InChI=1S/C24H22F3N5O3/c1-14(24(2,26)27)35-20-5-4-15(9-28)22(34-3)21(20)23(33)31-7-6-19-16(12-31)13-32(30-19)18-8-17(25)10-29-11-18/h4-5,8,10-11,13-14H,6-7,12H2,1-3H3. The average molecular weight is 485 g/mol. The van der Waals surface area contributed by atoms with E-state index < -0.39 is 23.8 Å². The third kappa shape index (κ3) is 4.77. The van der Waals surface area contributed by atoms with Crippen molar-refractivity contribution in [2.75, 3.05) is 13.7 Å². The first-order chi connectivity index (χ1) is 16.6. The molecule has 2 aromatic heterocycles. The van der Waals surface area contributed by atoms with Crippen LogP contribution in [0.25, 0.3) is 5.69 Å². The number of amides is 1. The summed E-state index contributed by atoms with van der Waals surface area (Å²) in [6.07, 6.45) is 3.13. The number of nitriles is 1. The van der Waals surface area contributed by atoms with Crippen molar-refractivity contribution >= 4 is 5.91 Å². The minimum absolute atomic E-state index is 0.0473. The normalized spacial score (nSPS) is 14.1. The molecule has 1 atom stereocenters. The second-order valence-corrected chi connectivity index (χ2v) is 8.23. The van der Waals surface area contributed by atoms with E-state index >= 15 is 0 Å². The van der Waals surface area contributed by atoms with E-state index in [2.05, 4.69) is 10.1 Å². The Balaban J connectivity index is 1.67. The van der Waals surface area contributed by atoms with Crippen molar-refractivity contribution in [3.05, 3.63) is 65.0 Å². The SMILES string of the molecule is COc1c(C#N)ccc(OC(C)C(C)(F)F)c1C(=O)N1CCc2nn(-c3cncc(F)c3)cc2C1. The molecule has 35 heavy (non-hydrogen) atoms. The monoisotopic (exact) mass is 485 g/mol. The van der Waals surface area contributed by atoms with E-state index in [9.17, 15) is 23.2 Å². The van der Waals surface area contributed by atoms with Crippen LogP contribution in [-0.2, 0) is 13.0 Å². The van der Waals surface area contributed by atoms with Crippen LogP contribution in [0.2, 0.25) is 0 Å². The summed E-state index contributed by atoms with van der Waals surface area (Å²) in [6, 6.07) is 5.92. The Labute approximate surface area is 199 Å². The van der Waals surface area contributed by atoms with Crippen LogP contribution in [0.15, 0.2) is 36.8 Å². The van der Waals surface area contributed by atoms with Gasteiger partial charge in [0.05, 0.1) is 36.4 Å². The van der Waals surface area contributed by atoms with Gasteiger partial charge in [0.25, 0.3) is 11.8 Å². The number of methoxy groups -OCH3 is 1. The number of halogens is 3. The smallest absolute Gasteiger partial charge is 0.281 e. The number of fused-ring (bicyclic) bond motifs is 1. The number of carbonyl (C=O) groups excluding carboxylic acids is 1. The summed E-state index contributed by atoms with van der Waals surface area (Å²) >= 11 is 0. The fourth-order valence-corrected chi connectivity index (χ4v) is 3.76. The molecule has 1 aromatic carbocycles. The summed E-state index contributed by atoms with van der Waals surface area (Å²) in [6.45, 7) is 2.36. The number of aromatic nitrogens is 3. The zero-order valence-corrected chi connectivity index (χ0v) is 19.3. The zero-order chi connectivity index (χ0) is 25.3. The van der Waals surface area contributed by atoms with Crippen molar-refractivity contribution in [2.45, 2.75) is 38.8 Å². The quantitative estimate of drug-likeness (QED) is 0.526. The van der Waals surface area contributed by atoms with Gasteiger partial charge >= 0.3 is 0 Å². The van der Waals surface area contributed by atoms with E-state index in [1.165, 1.54) is 48.0 Å². The highest BCUT2D eigenvalue weighted by Crippen LogP contribution is 2.36. The molecule has 1 amide bonds. The Morgan fingerprint density at radius 2 is 2.09 bits per heavy atom. The predicted molar refractivity (Wildman–Crippen MR) is 118 cm³/mol. The molecule has 3 aromatic rings. The maximum atomic E-state index is 13.8. The number of benzene rings is 1. The van der Waals surface area contributed by atoms with Crippen LogP contribution >= 0.6 is 0 Å². The average Bonchev–Trinajstić information content (AvgIpc) is 3.26. The van der Waals surface area contributed by atoms with E-state index in [1.54, 1.807) is 6.20 Å². The number of rotatable bonds is 6. The molecular weight excluding hydrogens is 463 g/mol. The Kier molecular flexibility index (Phi) is 6.39. The van der Waals surface area contributed by atoms with Gasteiger partial charge in [0.15, 0.2) is 11.9 Å². The lowest BCUT2D eigenvalue weighted by molar-refractivity contribution is -0.0720. The molecule has 8 nitrogen and oxygen atoms in total. The highest BCUT2D eigenvalue weighted by molar-refractivity contribution is 6.00. The highest BCUT2D eigenvalue weighted by atomic mass is 19.3. The molecule has 0 fully saturated rings. The Morgan fingerprint density at radius 1 is 1.31 bits per heavy atom. The molecule has 1 unspecified atom stereocenters. The maximum Gasteiger partial charge on any atom is 0.281 e.